The summed E-state index contributed by atoms with van der Waals surface area (Å²) in [6.07, 6.45) is 1.04. The van der Waals surface area contributed by atoms with E-state index in [1.165, 1.54) is 11.8 Å². The molecule has 0 spiro atoms. The van der Waals surface area contributed by atoms with Crippen LogP contribution in [-0.4, -0.2) is 48.2 Å². The van der Waals surface area contributed by atoms with Crippen LogP contribution in [0.1, 0.15) is 25.3 Å². The molecule has 1 unspecified atom stereocenters. The van der Waals surface area contributed by atoms with Gasteiger partial charge in [0.1, 0.15) is 0 Å². The average Bonchev–Trinajstić information content (AvgIpc) is 2.94. The molecule has 0 saturated heterocycles. The first-order valence-electron chi connectivity index (χ1n) is 4.97. The van der Waals surface area contributed by atoms with E-state index in [4.69, 9.17) is 5.11 Å². The minimum atomic E-state index is -1.00. The fourth-order valence-electron chi connectivity index (χ4n) is 1.26. The van der Waals surface area contributed by atoms with Gasteiger partial charge in [-0.15, -0.1) is 5.10 Å². The van der Waals surface area contributed by atoms with E-state index in [2.05, 4.69) is 15.5 Å². The molecule has 1 aliphatic rings. The standard InChI is InChI=1S/C8H12N4O3S/c13-6(3-7(14)15)4-16-8-9-10-11-12(8)5-1-2-5/h5-6,13H,1-4H2,(H,14,15). The van der Waals surface area contributed by atoms with Gasteiger partial charge in [0.25, 0.3) is 0 Å². The van der Waals surface area contributed by atoms with Gasteiger partial charge in [0.2, 0.25) is 5.16 Å². The molecule has 2 rings (SSSR count). The number of rotatable bonds is 6. The van der Waals surface area contributed by atoms with Crippen molar-refractivity contribution in [2.75, 3.05) is 5.75 Å². The molecule has 16 heavy (non-hydrogen) atoms. The molecule has 0 radical (unpaired) electrons. The molecule has 88 valence electrons. The zero-order chi connectivity index (χ0) is 11.5. The summed E-state index contributed by atoms with van der Waals surface area (Å²) in [5.74, 6) is -0.714. The van der Waals surface area contributed by atoms with Crippen LogP contribution >= 0.6 is 11.8 Å². The SMILES string of the molecule is O=C(O)CC(O)CSc1nnnn1C1CC1. The fraction of sp³-hybridized carbons (Fsp3) is 0.750. The zero-order valence-electron chi connectivity index (χ0n) is 8.48. The zero-order valence-corrected chi connectivity index (χ0v) is 9.30. The Morgan fingerprint density at radius 3 is 3.00 bits per heavy atom. The number of aromatic nitrogens is 4. The minimum Gasteiger partial charge on any atom is -0.481 e. The molecule has 1 aliphatic carbocycles. The summed E-state index contributed by atoms with van der Waals surface area (Å²) in [5.41, 5.74) is 0. The van der Waals surface area contributed by atoms with E-state index in [1.54, 1.807) is 4.68 Å². The number of hydrogen-bond donors (Lipinski definition) is 2. The van der Waals surface area contributed by atoms with Crippen molar-refractivity contribution in [2.24, 2.45) is 0 Å². The van der Waals surface area contributed by atoms with Gasteiger partial charge in [-0.05, 0) is 23.3 Å². The van der Waals surface area contributed by atoms with Gasteiger partial charge in [0.05, 0.1) is 18.6 Å². The van der Waals surface area contributed by atoms with Crippen molar-refractivity contribution in [3.05, 3.63) is 0 Å². The lowest BCUT2D eigenvalue weighted by Crippen LogP contribution is -2.15. The molecule has 7 nitrogen and oxygen atoms in total. The molecule has 0 amide bonds. The van der Waals surface area contributed by atoms with Crippen LogP contribution < -0.4 is 0 Å². The van der Waals surface area contributed by atoms with Gasteiger partial charge in [-0.25, -0.2) is 4.68 Å². The minimum absolute atomic E-state index is 0.252. The van der Waals surface area contributed by atoms with E-state index in [0.717, 1.165) is 12.8 Å². The highest BCUT2D eigenvalue weighted by Crippen LogP contribution is 2.36. The molecular formula is C8H12N4O3S. The van der Waals surface area contributed by atoms with Crippen molar-refractivity contribution in [3.63, 3.8) is 0 Å². The molecule has 2 N–H and O–H groups in total. The fourth-order valence-corrected chi connectivity index (χ4v) is 2.13. The van der Waals surface area contributed by atoms with Gasteiger partial charge >= 0.3 is 5.97 Å². The van der Waals surface area contributed by atoms with Crippen LogP contribution in [-0.2, 0) is 4.79 Å². The summed E-state index contributed by atoms with van der Waals surface area (Å²) in [7, 11) is 0. The van der Waals surface area contributed by atoms with Crippen LogP contribution in [0, 0.1) is 0 Å². The number of hydrogen-bond acceptors (Lipinski definition) is 6. The van der Waals surface area contributed by atoms with Crippen molar-refractivity contribution in [2.45, 2.75) is 36.6 Å². The predicted octanol–water partition coefficient (Wildman–Crippen LogP) is -0.0643. The number of aliphatic hydroxyl groups excluding tert-OH is 1. The van der Waals surface area contributed by atoms with Crippen LogP contribution in [0.5, 0.6) is 0 Å². The number of nitrogens with zero attached hydrogens (tertiary/aromatic N) is 4. The summed E-state index contributed by atoms with van der Waals surface area (Å²) in [6, 6.07) is 0.383. The number of carboxylic acid groups (broad SMARTS) is 1. The molecule has 0 aromatic carbocycles. The summed E-state index contributed by atoms with van der Waals surface area (Å²) >= 11 is 1.29. The number of tetrazole rings is 1. The Hall–Kier alpha value is -1.15. The lowest BCUT2D eigenvalue weighted by molar-refractivity contribution is -0.138. The number of carbonyl (C=O) groups is 1. The van der Waals surface area contributed by atoms with Crippen LogP contribution in [0.4, 0.5) is 0 Å². The Morgan fingerprint density at radius 1 is 1.62 bits per heavy atom. The molecule has 0 bridgehead atoms. The van der Waals surface area contributed by atoms with E-state index < -0.39 is 12.1 Å². The average molecular weight is 244 g/mol. The highest BCUT2D eigenvalue weighted by molar-refractivity contribution is 7.99. The van der Waals surface area contributed by atoms with Crippen molar-refractivity contribution in [1.29, 1.82) is 0 Å². The third-order valence-corrected chi connectivity index (χ3v) is 3.25. The molecule has 0 aliphatic heterocycles. The lowest BCUT2D eigenvalue weighted by Gasteiger charge is -2.06. The molecule has 1 fully saturated rings. The number of carboxylic acids is 1. The highest BCUT2D eigenvalue weighted by Gasteiger charge is 2.28. The molecule has 8 heteroatoms. The molecule has 1 aromatic rings. The van der Waals surface area contributed by atoms with E-state index >= 15 is 0 Å². The maximum absolute atomic E-state index is 10.3. The third-order valence-electron chi connectivity index (χ3n) is 2.17. The second-order valence-electron chi connectivity index (χ2n) is 3.70. The Bertz CT molecular complexity index is 379. The van der Waals surface area contributed by atoms with Gasteiger partial charge < -0.3 is 10.2 Å². The predicted molar refractivity (Wildman–Crippen MR) is 55.1 cm³/mol. The summed E-state index contributed by atoms with van der Waals surface area (Å²) in [4.78, 5) is 10.3. The Balaban J connectivity index is 1.84. The van der Waals surface area contributed by atoms with Crippen molar-refractivity contribution in [1.82, 2.24) is 20.2 Å². The van der Waals surface area contributed by atoms with Crippen LogP contribution in [0.15, 0.2) is 5.16 Å². The summed E-state index contributed by atoms with van der Waals surface area (Å²) in [6.45, 7) is 0. The van der Waals surface area contributed by atoms with Gasteiger partial charge in [0, 0.05) is 5.75 Å². The molecule has 1 atom stereocenters. The lowest BCUT2D eigenvalue weighted by atomic mass is 10.3. The van der Waals surface area contributed by atoms with Crippen molar-refractivity contribution < 1.29 is 15.0 Å². The van der Waals surface area contributed by atoms with Crippen LogP contribution in [0.3, 0.4) is 0 Å². The van der Waals surface area contributed by atoms with Gasteiger partial charge in [0.15, 0.2) is 0 Å². The monoisotopic (exact) mass is 244 g/mol. The smallest absolute Gasteiger partial charge is 0.306 e. The van der Waals surface area contributed by atoms with Crippen molar-refractivity contribution in [3.8, 4) is 0 Å². The first kappa shape index (κ1) is 11.3. The second kappa shape index (κ2) is 4.79. The van der Waals surface area contributed by atoms with Gasteiger partial charge in [-0.3, -0.25) is 4.79 Å². The molecule has 1 saturated carbocycles. The Labute approximate surface area is 95.8 Å². The summed E-state index contributed by atoms with van der Waals surface area (Å²) in [5, 5.41) is 29.8. The number of thioether (sulfide) groups is 1. The van der Waals surface area contributed by atoms with E-state index in [0.29, 0.717) is 17.0 Å². The second-order valence-corrected chi connectivity index (χ2v) is 4.69. The third kappa shape index (κ3) is 2.92. The van der Waals surface area contributed by atoms with Crippen molar-refractivity contribution >= 4 is 17.7 Å². The molecule has 1 aromatic heterocycles. The van der Waals surface area contributed by atoms with Gasteiger partial charge in [-0.1, -0.05) is 11.8 Å². The van der Waals surface area contributed by atoms with Crippen LogP contribution in [0.2, 0.25) is 0 Å². The molecule has 1 heterocycles. The normalized spacial score (nSPS) is 17.3. The van der Waals surface area contributed by atoms with Gasteiger partial charge in [-0.2, -0.15) is 0 Å². The van der Waals surface area contributed by atoms with Crippen LogP contribution in [0.25, 0.3) is 0 Å². The Morgan fingerprint density at radius 2 is 2.38 bits per heavy atom. The first-order valence-corrected chi connectivity index (χ1v) is 5.96. The first-order chi connectivity index (χ1) is 7.66. The van der Waals surface area contributed by atoms with E-state index in [1.807, 2.05) is 0 Å². The topological polar surface area (TPSA) is 101 Å². The summed E-state index contributed by atoms with van der Waals surface area (Å²) < 4.78 is 1.73. The quantitative estimate of drug-likeness (QED) is 0.676. The number of aliphatic hydroxyl groups is 1. The van der Waals surface area contributed by atoms with E-state index in [-0.39, 0.29) is 6.42 Å². The largest absolute Gasteiger partial charge is 0.481 e. The van der Waals surface area contributed by atoms with E-state index in [9.17, 15) is 9.90 Å². The molecular weight excluding hydrogens is 232 g/mol. The Kier molecular flexibility index (Phi) is 3.39. The highest BCUT2D eigenvalue weighted by atomic mass is 32.2. The maximum atomic E-state index is 10.3. The number of aliphatic carboxylic acids is 1. The maximum Gasteiger partial charge on any atom is 0.306 e.